The summed E-state index contributed by atoms with van der Waals surface area (Å²) in [6.45, 7) is 5.58. The molecule has 0 N–H and O–H groups in total. The van der Waals surface area contributed by atoms with Crippen molar-refractivity contribution in [1.82, 2.24) is 9.38 Å². The number of hydrogen-bond donors (Lipinski definition) is 0. The third-order valence-electron chi connectivity index (χ3n) is 2.51. The first-order valence-corrected chi connectivity index (χ1v) is 4.57. The van der Waals surface area contributed by atoms with Gasteiger partial charge in [0, 0.05) is 17.0 Å². The molecule has 2 heterocycles. The van der Waals surface area contributed by atoms with Crippen molar-refractivity contribution in [1.29, 1.82) is 0 Å². The number of nitrogens with zero attached hydrogens (tertiary/aromatic N) is 2. The molecule has 0 aromatic carbocycles. The van der Waals surface area contributed by atoms with E-state index >= 15 is 0 Å². The molecule has 0 bridgehead atoms. The van der Waals surface area contributed by atoms with E-state index in [0.717, 1.165) is 22.6 Å². The Balaban J connectivity index is 3.07. The smallest absolute Gasteiger partial charge is 0.261 e. The van der Waals surface area contributed by atoms with Gasteiger partial charge in [-0.1, -0.05) is 6.07 Å². The molecule has 2 rings (SSSR count). The van der Waals surface area contributed by atoms with Crippen molar-refractivity contribution in [2.75, 3.05) is 0 Å². The van der Waals surface area contributed by atoms with E-state index in [0.29, 0.717) is 0 Å². The van der Waals surface area contributed by atoms with Gasteiger partial charge in [0.15, 0.2) is 0 Å². The normalized spacial score (nSPS) is 10.8. The van der Waals surface area contributed by atoms with Gasteiger partial charge in [0.1, 0.15) is 5.65 Å². The van der Waals surface area contributed by atoms with E-state index in [1.807, 2.05) is 39.0 Å². The van der Waals surface area contributed by atoms with E-state index in [1.54, 1.807) is 4.40 Å². The second kappa shape index (κ2) is 2.94. The van der Waals surface area contributed by atoms with Gasteiger partial charge in [0.05, 0.1) is 0 Å². The Morgan fingerprint density at radius 1 is 1.21 bits per heavy atom. The maximum Gasteiger partial charge on any atom is 0.261 e. The molecular weight excluding hydrogens is 176 g/mol. The van der Waals surface area contributed by atoms with E-state index in [2.05, 4.69) is 4.98 Å². The summed E-state index contributed by atoms with van der Waals surface area (Å²) in [5.41, 5.74) is 3.20. The molecule has 0 atom stereocenters. The quantitative estimate of drug-likeness (QED) is 0.629. The molecule has 3 nitrogen and oxygen atoms in total. The third-order valence-corrected chi connectivity index (χ3v) is 2.51. The predicted molar refractivity (Wildman–Crippen MR) is 55.7 cm³/mol. The Morgan fingerprint density at radius 3 is 2.64 bits per heavy atom. The average Bonchev–Trinajstić information content (AvgIpc) is 2.14. The summed E-state index contributed by atoms with van der Waals surface area (Å²) in [6.07, 6.45) is 0. The SMILES string of the molecule is Cc1nc2cccc(C)n2c(=O)c1C. The van der Waals surface area contributed by atoms with Gasteiger partial charge >= 0.3 is 0 Å². The molecule has 0 fully saturated rings. The highest BCUT2D eigenvalue weighted by Crippen LogP contribution is 2.04. The van der Waals surface area contributed by atoms with Crippen LogP contribution in [0.25, 0.3) is 5.65 Å². The Kier molecular flexibility index (Phi) is 1.88. The maximum atomic E-state index is 11.9. The molecule has 0 radical (unpaired) electrons. The van der Waals surface area contributed by atoms with Gasteiger partial charge in [-0.25, -0.2) is 4.98 Å². The first-order chi connectivity index (χ1) is 6.61. The molecule has 72 valence electrons. The summed E-state index contributed by atoms with van der Waals surface area (Å²) in [4.78, 5) is 16.3. The van der Waals surface area contributed by atoms with Gasteiger partial charge in [0.2, 0.25) is 0 Å². The van der Waals surface area contributed by atoms with Crippen molar-refractivity contribution in [3.05, 3.63) is 45.5 Å². The largest absolute Gasteiger partial charge is 0.269 e. The van der Waals surface area contributed by atoms with Crippen LogP contribution in [-0.4, -0.2) is 9.38 Å². The molecule has 2 aromatic rings. The molecule has 0 spiro atoms. The number of rotatable bonds is 0. The molecule has 0 saturated heterocycles. The molecule has 0 aliphatic carbocycles. The first-order valence-electron chi connectivity index (χ1n) is 4.57. The van der Waals surface area contributed by atoms with Crippen LogP contribution in [-0.2, 0) is 0 Å². The predicted octanol–water partition coefficient (Wildman–Crippen LogP) is 1.62. The van der Waals surface area contributed by atoms with Crippen molar-refractivity contribution in [2.24, 2.45) is 0 Å². The fourth-order valence-corrected chi connectivity index (χ4v) is 1.53. The fraction of sp³-hybridized carbons (Fsp3) is 0.273. The lowest BCUT2D eigenvalue weighted by Crippen LogP contribution is -2.20. The van der Waals surface area contributed by atoms with Gasteiger partial charge < -0.3 is 0 Å². The lowest BCUT2D eigenvalue weighted by molar-refractivity contribution is 0.947. The summed E-state index contributed by atoms with van der Waals surface area (Å²) < 4.78 is 1.64. The standard InChI is InChI=1S/C11H12N2O/c1-7-5-4-6-10-12-9(3)8(2)11(14)13(7)10/h4-6H,1-3H3. The Hall–Kier alpha value is -1.64. The van der Waals surface area contributed by atoms with Crippen molar-refractivity contribution in [2.45, 2.75) is 20.8 Å². The zero-order valence-corrected chi connectivity index (χ0v) is 8.53. The van der Waals surface area contributed by atoms with Crippen LogP contribution in [0.2, 0.25) is 0 Å². The van der Waals surface area contributed by atoms with Crippen molar-refractivity contribution < 1.29 is 0 Å². The molecule has 0 aliphatic heterocycles. The topological polar surface area (TPSA) is 34.4 Å². The Labute approximate surface area is 82.0 Å². The Bertz CT molecular complexity index is 555. The van der Waals surface area contributed by atoms with Gasteiger partial charge in [-0.3, -0.25) is 9.20 Å². The van der Waals surface area contributed by atoms with Gasteiger partial charge in [-0.05, 0) is 32.9 Å². The minimum absolute atomic E-state index is 0.0330. The lowest BCUT2D eigenvalue weighted by atomic mass is 10.2. The minimum atomic E-state index is 0.0330. The molecule has 0 aliphatic rings. The maximum absolute atomic E-state index is 11.9. The molecule has 14 heavy (non-hydrogen) atoms. The number of pyridine rings is 1. The number of hydrogen-bond acceptors (Lipinski definition) is 2. The van der Waals surface area contributed by atoms with E-state index in [-0.39, 0.29) is 5.56 Å². The summed E-state index contributed by atoms with van der Waals surface area (Å²) in [7, 11) is 0. The summed E-state index contributed by atoms with van der Waals surface area (Å²) in [6, 6.07) is 5.66. The first kappa shape index (κ1) is 8.94. The fourth-order valence-electron chi connectivity index (χ4n) is 1.53. The molecule has 2 aromatic heterocycles. The summed E-state index contributed by atoms with van der Waals surface area (Å²) in [5.74, 6) is 0. The van der Waals surface area contributed by atoms with Crippen molar-refractivity contribution >= 4 is 5.65 Å². The minimum Gasteiger partial charge on any atom is -0.269 e. The Morgan fingerprint density at radius 2 is 1.93 bits per heavy atom. The number of aryl methyl sites for hydroxylation is 2. The number of fused-ring (bicyclic) bond motifs is 1. The zero-order chi connectivity index (χ0) is 10.3. The van der Waals surface area contributed by atoms with Crippen LogP contribution in [0.3, 0.4) is 0 Å². The van der Waals surface area contributed by atoms with Crippen LogP contribution in [0.15, 0.2) is 23.0 Å². The van der Waals surface area contributed by atoms with Crippen LogP contribution < -0.4 is 5.56 Å². The van der Waals surface area contributed by atoms with Crippen molar-refractivity contribution in [3.8, 4) is 0 Å². The van der Waals surface area contributed by atoms with Gasteiger partial charge in [0.25, 0.3) is 5.56 Å². The highest BCUT2D eigenvalue weighted by molar-refractivity contribution is 5.41. The lowest BCUT2D eigenvalue weighted by Gasteiger charge is -2.06. The van der Waals surface area contributed by atoms with Crippen LogP contribution in [0, 0.1) is 20.8 Å². The number of aromatic nitrogens is 2. The summed E-state index contributed by atoms with van der Waals surface area (Å²) >= 11 is 0. The van der Waals surface area contributed by atoms with E-state index in [9.17, 15) is 4.79 Å². The van der Waals surface area contributed by atoms with Crippen LogP contribution in [0.4, 0.5) is 0 Å². The molecule has 0 amide bonds. The average molecular weight is 188 g/mol. The second-order valence-corrected chi connectivity index (χ2v) is 3.49. The van der Waals surface area contributed by atoms with Crippen LogP contribution in [0.1, 0.15) is 17.0 Å². The monoisotopic (exact) mass is 188 g/mol. The molecule has 0 unspecified atom stereocenters. The highest BCUT2D eigenvalue weighted by atomic mass is 16.1. The second-order valence-electron chi connectivity index (χ2n) is 3.49. The van der Waals surface area contributed by atoms with Crippen LogP contribution >= 0.6 is 0 Å². The third kappa shape index (κ3) is 1.13. The zero-order valence-electron chi connectivity index (χ0n) is 8.53. The van der Waals surface area contributed by atoms with Gasteiger partial charge in [-0.15, -0.1) is 0 Å². The van der Waals surface area contributed by atoms with Crippen molar-refractivity contribution in [3.63, 3.8) is 0 Å². The molecular formula is C11H12N2O. The van der Waals surface area contributed by atoms with Gasteiger partial charge in [-0.2, -0.15) is 0 Å². The molecule has 3 heteroatoms. The van der Waals surface area contributed by atoms with E-state index in [1.165, 1.54) is 0 Å². The van der Waals surface area contributed by atoms with E-state index in [4.69, 9.17) is 0 Å². The van der Waals surface area contributed by atoms with Crippen LogP contribution in [0.5, 0.6) is 0 Å². The summed E-state index contributed by atoms with van der Waals surface area (Å²) in [5, 5.41) is 0. The molecule has 0 saturated carbocycles. The highest BCUT2D eigenvalue weighted by Gasteiger charge is 2.05. The van der Waals surface area contributed by atoms with E-state index < -0.39 is 0 Å².